The summed E-state index contributed by atoms with van der Waals surface area (Å²) in [5.74, 6) is 0.315. The van der Waals surface area contributed by atoms with E-state index in [0.717, 1.165) is 17.8 Å². The molecule has 0 radical (unpaired) electrons. The fourth-order valence-corrected chi connectivity index (χ4v) is 1.87. The first kappa shape index (κ1) is 18.3. The Hall–Kier alpha value is -3.03. The summed E-state index contributed by atoms with van der Waals surface area (Å²) in [6.07, 6.45) is -3.11. The number of hydrogen-bond donors (Lipinski definition) is 2. The van der Waals surface area contributed by atoms with Crippen LogP contribution in [0.25, 0.3) is 0 Å². The van der Waals surface area contributed by atoms with Crippen LogP contribution in [0.1, 0.15) is 11.1 Å². The van der Waals surface area contributed by atoms with E-state index in [1.54, 1.807) is 31.4 Å². The van der Waals surface area contributed by atoms with Gasteiger partial charge in [0, 0.05) is 5.69 Å². The molecule has 25 heavy (non-hydrogen) atoms. The van der Waals surface area contributed by atoms with Crippen LogP contribution in [-0.2, 0) is 11.0 Å². The Balaban J connectivity index is 1.79. The van der Waals surface area contributed by atoms with E-state index >= 15 is 0 Å². The first-order chi connectivity index (χ1) is 11.9. The van der Waals surface area contributed by atoms with Crippen molar-refractivity contribution in [1.29, 1.82) is 0 Å². The summed E-state index contributed by atoms with van der Waals surface area (Å²) in [6, 6.07) is 11.5. The van der Waals surface area contributed by atoms with Crippen molar-refractivity contribution in [3.05, 3.63) is 59.7 Å². The van der Waals surface area contributed by atoms with Gasteiger partial charge in [0.2, 0.25) is 0 Å². The zero-order valence-electron chi connectivity index (χ0n) is 13.3. The molecule has 0 heterocycles. The van der Waals surface area contributed by atoms with Crippen LogP contribution in [0.15, 0.2) is 53.6 Å². The first-order valence-electron chi connectivity index (χ1n) is 7.25. The summed E-state index contributed by atoms with van der Waals surface area (Å²) in [5.41, 5.74) is 2.73. The largest absolute Gasteiger partial charge is 0.497 e. The minimum Gasteiger partial charge on any atom is -0.497 e. The van der Waals surface area contributed by atoms with Gasteiger partial charge in [-0.15, -0.1) is 0 Å². The van der Waals surface area contributed by atoms with E-state index in [1.807, 2.05) is 0 Å². The van der Waals surface area contributed by atoms with Crippen LogP contribution in [-0.4, -0.2) is 25.8 Å². The molecular weight excluding hydrogens is 335 g/mol. The van der Waals surface area contributed by atoms with E-state index in [2.05, 4.69) is 15.8 Å². The number of halogens is 3. The summed E-state index contributed by atoms with van der Waals surface area (Å²) in [5, 5.41) is 6.61. The molecular formula is C17H16F3N3O2. The van der Waals surface area contributed by atoms with Gasteiger partial charge in [0.1, 0.15) is 5.75 Å². The first-order valence-corrected chi connectivity index (χ1v) is 7.25. The number of anilines is 1. The lowest BCUT2D eigenvalue weighted by Crippen LogP contribution is -2.25. The lowest BCUT2D eigenvalue weighted by molar-refractivity contribution is -0.137. The maximum absolute atomic E-state index is 12.4. The third kappa shape index (κ3) is 5.83. The molecule has 0 saturated carbocycles. The van der Waals surface area contributed by atoms with Crippen molar-refractivity contribution in [2.75, 3.05) is 19.0 Å². The molecule has 0 aliphatic carbocycles. The molecule has 2 rings (SSSR count). The maximum atomic E-state index is 12.4. The number of benzene rings is 2. The smallest absolute Gasteiger partial charge is 0.416 e. The van der Waals surface area contributed by atoms with Crippen molar-refractivity contribution >= 4 is 17.8 Å². The van der Waals surface area contributed by atoms with Crippen molar-refractivity contribution in [2.45, 2.75) is 6.18 Å². The van der Waals surface area contributed by atoms with Gasteiger partial charge in [-0.3, -0.25) is 4.79 Å². The average molecular weight is 351 g/mol. The molecule has 0 fully saturated rings. The minimum atomic E-state index is -4.38. The van der Waals surface area contributed by atoms with Gasteiger partial charge in [0.25, 0.3) is 5.91 Å². The van der Waals surface area contributed by atoms with E-state index in [-0.39, 0.29) is 12.5 Å². The van der Waals surface area contributed by atoms with E-state index in [1.165, 1.54) is 18.3 Å². The zero-order chi connectivity index (χ0) is 18.3. The number of alkyl halides is 3. The highest BCUT2D eigenvalue weighted by Gasteiger charge is 2.29. The summed E-state index contributed by atoms with van der Waals surface area (Å²) in [4.78, 5) is 11.7. The van der Waals surface area contributed by atoms with Gasteiger partial charge in [-0.05, 0) is 42.0 Å². The van der Waals surface area contributed by atoms with Crippen molar-refractivity contribution in [3.8, 4) is 5.75 Å². The SMILES string of the molecule is COc1ccc(NCC(=O)N/N=C\c2ccc(C(F)(F)F)cc2)cc1. The molecule has 0 bridgehead atoms. The van der Waals surface area contributed by atoms with Crippen molar-refractivity contribution < 1.29 is 22.7 Å². The molecule has 0 unspecified atom stereocenters. The zero-order valence-corrected chi connectivity index (χ0v) is 13.3. The number of amides is 1. The minimum absolute atomic E-state index is 0.00329. The number of carbonyl (C=O) groups is 1. The third-order valence-corrected chi connectivity index (χ3v) is 3.18. The standard InChI is InChI=1S/C17H16F3N3O2/c1-25-15-8-6-14(7-9-15)21-11-16(24)23-22-10-12-2-4-13(5-3-12)17(18,19)20/h2-10,21H,11H2,1H3,(H,23,24)/b22-10-. The Morgan fingerprint density at radius 2 is 1.76 bits per heavy atom. The molecule has 1 amide bonds. The molecule has 0 saturated heterocycles. The van der Waals surface area contributed by atoms with Gasteiger partial charge in [0.15, 0.2) is 0 Å². The summed E-state index contributed by atoms with van der Waals surface area (Å²) in [7, 11) is 1.56. The van der Waals surface area contributed by atoms with Crippen LogP contribution < -0.4 is 15.5 Å². The molecule has 0 atom stereocenters. The third-order valence-electron chi connectivity index (χ3n) is 3.18. The molecule has 0 aliphatic heterocycles. The Morgan fingerprint density at radius 1 is 1.12 bits per heavy atom. The fourth-order valence-electron chi connectivity index (χ4n) is 1.87. The van der Waals surface area contributed by atoms with Crippen LogP contribution in [0, 0.1) is 0 Å². The van der Waals surface area contributed by atoms with Gasteiger partial charge in [-0.1, -0.05) is 12.1 Å². The summed E-state index contributed by atoms with van der Waals surface area (Å²) < 4.78 is 42.3. The number of carbonyl (C=O) groups excluding carboxylic acids is 1. The predicted molar refractivity (Wildman–Crippen MR) is 88.7 cm³/mol. The molecule has 2 aromatic rings. The van der Waals surface area contributed by atoms with E-state index in [4.69, 9.17) is 4.74 Å². The molecule has 0 aliphatic rings. The highest BCUT2D eigenvalue weighted by Crippen LogP contribution is 2.28. The number of hydrogen-bond acceptors (Lipinski definition) is 4. The van der Waals surface area contributed by atoms with Gasteiger partial charge in [-0.2, -0.15) is 18.3 Å². The molecule has 5 nitrogen and oxygen atoms in total. The molecule has 8 heteroatoms. The summed E-state index contributed by atoms with van der Waals surface area (Å²) in [6.45, 7) is -0.00329. The number of nitrogens with zero attached hydrogens (tertiary/aromatic N) is 1. The second-order valence-electron chi connectivity index (χ2n) is 5.00. The van der Waals surface area contributed by atoms with Gasteiger partial charge in [-0.25, -0.2) is 5.43 Å². The Morgan fingerprint density at radius 3 is 2.32 bits per heavy atom. The monoisotopic (exact) mass is 351 g/mol. The Kier molecular flexibility index (Phi) is 5.99. The highest BCUT2D eigenvalue weighted by molar-refractivity contribution is 5.84. The highest BCUT2D eigenvalue weighted by atomic mass is 19.4. The molecule has 0 spiro atoms. The van der Waals surface area contributed by atoms with Crippen molar-refractivity contribution in [2.24, 2.45) is 5.10 Å². The number of methoxy groups -OCH3 is 1. The van der Waals surface area contributed by atoms with Gasteiger partial charge in [0.05, 0.1) is 25.4 Å². The maximum Gasteiger partial charge on any atom is 0.416 e. The van der Waals surface area contributed by atoms with E-state index in [0.29, 0.717) is 11.3 Å². The quantitative estimate of drug-likeness (QED) is 0.620. The lowest BCUT2D eigenvalue weighted by atomic mass is 10.1. The van der Waals surface area contributed by atoms with Crippen LogP contribution in [0.5, 0.6) is 5.75 Å². The summed E-state index contributed by atoms with van der Waals surface area (Å²) >= 11 is 0. The van der Waals surface area contributed by atoms with Crippen LogP contribution in [0.3, 0.4) is 0 Å². The predicted octanol–water partition coefficient (Wildman–Crippen LogP) is 3.28. The van der Waals surface area contributed by atoms with Crippen LogP contribution in [0.2, 0.25) is 0 Å². The van der Waals surface area contributed by atoms with Gasteiger partial charge >= 0.3 is 6.18 Å². The fraction of sp³-hybridized carbons (Fsp3) is 0.176. The number of ether oxygens (including phenoxy) is 1. The lowest BCUT2D eigenvalue weighted by Gasteiger charge is -2.06. The number of nitrogens with one attached hydrogen (secondary N) is 2. The molecule has 132 valence electrons. The molecule has 2 N–H and O–H groups in total. The molecule has 0 aromatic heterocycles. The Labute approximate surface area is 142 Å². The average Bonchev–Trinajstić information content (AvgIpc) is 2.60. The van der Waals surface area contributed by atoms with Crippen molar-refractivity contribution in [3.63, 3.8) is 0 Å². The topological polar surface area (TPSA) is 62.7 Å². The second kappa shape index (κ2) is 8.18. The second-order valence-corrected chi connectivity index (χ2v) is 5.00. The molecule has 2 aromatic carbocycles. The number of hydrazone groups is 1. The Bertz CT molecular complexity index is 726. The van der Waals surface area contributed by atoms with Crippen molar-refractivity contribution in [1.82, 2.24) is 5.43 Å². The van der Waals surface area contributed by atoms with Crippen LogP contribution >= 0.6 is 0 Å². The number of rotatable bonds is 6. The van der Waals surface area contributed by atoms with Gasteiger partial charge < -0.3 is 10.1 Å². The van der Waals surface area contributed by atoms with Crippen LogP contribution in [0.4, 0.5) is 18.9 Å². The van der Waals surface area contributed by atoms with E-state index < -0.39 is 11.7 Å². The van der Waals surface area contributed by atoms with E-state index in [9.17, 15) is 18.0 Å². The normalized spacial score (nSPS) is 11.4.